The van der Waals surface area contributed by atoms with Gasteiger partial charge in [0.05, 0.1) is 22.0 Å². The highest BCUT2D eigenvalue weighted by Gasteiger charge is 2.30. The number of nitrogens with zero attached hydrogens (tertiary/aromatic N) is 2. The van der Waals surface area contributed by atoms with Crippen molar-refractivity contribution in [2.45, 2.75) is 33.4 Å². The standard InChI is InChI=1S/C23H28BrCl2N3O4S/c1-15(2)12-27-23(31)16(3)28(13-17-6-5-7-18(24)10-17)22(30)14-29(34(4,32)33)19-8-9-20(25)21(26)11-19/h5-11,15-16H,12-14H2,1-4H3,(H,27,31)/t16-/m1/s1. The first-order chi connectivity index (χ1) is 15.8. The summed E-state index contributed by atoms with van der Waals surface area (Å²) >= 11 is 15.5. The van der Waals surface area contributed by atoms with Crippen molar-refractivity contribution in [1.29, 1.82) is 0 Å². The Labute approximate surface area is 219 Å². The Morgan fingerprint density at radius 2 is 1.74 bits per heavy atom. The lowest BCUT2D eigenvalue weighted by molar-refractivity contribution is -0.139. The first-order valence-corrected chi connectivity index (χ1v) is 13.9. The average molecular weight is 593 g/mol. The van der Waals surface area contributed by atoms with E-state index in [9.17, 15) is 18.0 Å². The van der Waals surface area contributed by atoms with Crippen LogP contribution < -0.4 is 9.62 Å². The highest BCUT2D eigenvalue weighted by atomic mass is 79.9. The second-order valence-electron chi connectivity index (χ2n) is 8.33. The van der Waals surface area contributed by atoms with Gasteiger partial charge in [0.2, 0.25) is 21.8 Å². The minimum absolute atomic E-state index is 0.119. The van der Waals surface area contributed by atoms with E-state index in [0.29, 0.717) is 6.54 Å². The molecule has 0 aliphatic carbocycles. The Balaban J connectivity index is 2.39. The van der Waals surface area contributed by atoms with Crippen molar-refractivity contribution in [3.05, 3.63) is 62.5 Å². The zero-order valence-corrected chi connectivity index (χ0v) is 23.3. The third-order valence-electron chi connectivity index (χ3n) is 4.96. The van der Waals surface area contributed by atoms with E-state index in [2.05, 4.69) is 21.2 Å². The van der Waals surface area contributed by atoms with Crippen LogP contribution in [0.2, 0.25) is 10.0 Å². The first-order valence-electron chi connectivity index (χ1n) is 10.5. The van der Waals surface area contributed by atoms with E-state index in [4.69, 9.17) is 23.2 Å². The summed E-state index contributed by atoms with van der Waals surface area (Å²) in [7, 11) is -3.85. The topological polar surface area (TPSA) is 86.8 Å². The number of rotatable bonds is 10. The van der Waals surface area contributed by atoms with Crippen LogP contribution in [0.5, 0.6) is 0 Å². The molecule has 1 N–H and O–H groups in total. The lowest BCUT2D eigenvalue weighted by Crippen LogP contribution is -2.51. The van der Waals surface area contributed by atoms with Crippen molar-refractivity contribution in [3.63, 3.8) is 0 Å². The van der Waals surface area contributed by atoms with Gasteiger partial charge in [-0.3, -0.25) is 13.9 Å². The minimum atomic E-state index is -3.85. The van der Waals surface area contributed by atoms with Crippen LogP contribution >= 0.6 is 39.1 Å². The summed E-state index contributed by atoms with van der Waals surface area (Å²) in [5.74, 6) is -0.623. The molecule has 0 saturated heterocycles. The Morgan fingerprint density at radius 3 is 2.29 bits per heavy atom. The monoisotopic (exact) mass is 591 g/mol. The third kappa shape index (κ3) is 8.15. The molecule has 0 aliphatic rings. The van der Waals surface area contributed by atoms with Gasteiger partial charge in [-0.25, -0.2) is 8.42 Å². The summed E-state index contributed by atoms with van der Waals surface area (Å²) in [6, 6.07) is 10.8. The molecule has 0 radical (unpaired) electrons. The van der Waals surface area contributed by atoms with Crippen LogP contribution in [0.25, 0.3) is 0 Å². The van der Waals surface area contributed by atoms with Gasteiger partial charge in [-0.2, -0.15) is 0 Å². The SMILES string of the molecule is CC(C)CNC(=O)[C@@H](C)N(Cc1cccc(Br)c1)C(=O)CN(c1ccc(Cl)c(Cl)c1)S(C)(=O)=O. The van der Waals surface area contributed by atoms with Gasteiger partial charge in [0, 0.05) is 17.6 Å². The fraction of sp³-hybridized carbons (Fsp3) is 0.391. The number of carbonyl (C=O) groups is 2. The quantitative estimate of drug-likeness (QED) is 0.433. The molecule has 0 heterocycles. The van der Waals surface area contributed by atoms with E-state index in [-0.39, 0.29) is 34.1 Å². The van der Waals surface area contributed by atoms with Crippen molar-refractivity contribution < 1.29 is 18.0 Å². The highest BCUT2D eigenvalue weighted by molar-refractivity contribution is 9.10. The normalized spacial score (nSPS) is 12.4. The number of sulfonamides is 1. The van der Waals surface area contributed by atoms with Crippen molar-refractivity contribution in [1.82, 2.24) is 10.2 Å². The number of hydrogen-bond donors (Lipinski definition) is 1. The molecule has 0 bridgehead atoms. The Hall–Kier alpha value is -1.81. The van der Waals surface area contributed by atoms with Gasteiger partial charge >= 0.3 is 0 Å². The minimum Gasteiger partial charge on any atom is -0.354 e. The molecule has 0 unspecified atom stereocenters. The number of amides is 2. The van der Waals surface area contributed by atoms with Gasteiger partial charge < -0.3 is 10.2 Å². The lowest BCUT2D eigenvalue weighted by Gasteiger charge is -2.31. The van der Waals surface area contributed by atoms with Crippen LogP contribution in [0.1, 0.15) is 26.3 Å². The van der Waals surface area contributed by atoms with E-state index < -0.39 is 28.5 Å². The molecule has 7 nitrogen and oxygen atoms in total. The van der Waals surface area contributed by atoms with Crippen LogP contribution in [0.15, 0.2) is 46.9 Å². The highest BCUT2D eigenvalue weighted by Crippen LogP contribution is 2.28. The summed E-state index contributed by atoms with van der Waals surface area (Å²) < 4.78 is 26.9. The summed E-state index contributed by atoms with van der Waals surface area (Å²) in [6.07, 6.45) is 1.00. The number of nitrogens with one attached hydrogen (secondary N) is 1. The fourth-order valence-corrected chi connectivity index (χ4v) is 4.70. The molecule has 0 saturated carbocycles. The van der Waals surface area contributed by atoms with E-state index >= 15 is 0 Å². The summed E-state index contributed by atoms with van der Waals surface area (Å²) in [5, 5.41) is 3.26. The first kappa shape index (κ1) is 28.4. The predicted molar refractivity (Wildman–Crippen MR) is 141 cm³/mol. The maximum atomic E-state index is 13.5. The zero-order valence-electron chi connectivity index (χ0n) is 19.4. The molecule has 2 aromatic rings. The maximum absolute atomic E-state index is 13.5. The van der Waals surface area contributed by atoms with Gasteiger partial charge in [-0.15, -0.1) is 0 Å². The number of halogens is 3. The second kappa shape index (κ2) is 12.2. The van der Waals surface area contributed by atoms with Gasteiger partial charge in [-0.05, 0) is 48.7 Å². The fourth-order valence-electron chi connectivity index (χ4n) is 3.12. The molecule has 1 atom stereocenters. The molecule has 0 spiro atoms. The van der Waals surface area contributed by atoms with E-state index in [1.807, 2.05) is 38.1 Å². The third-order valence-corrected chi connectivity index (χ3v) is 7.34. The predicted octanol–water partition coefficient (Wildman–Crippen LogP) is 4.71. The summed E-state index contributed by atoms with van der Waals surface area (Å²) in [4.78, 5) is 27.6. The van der Waals surface area contributed by atoms with Crippen LogP contribution in [-0.4, -0.2) is 50.5 Å². The smallest absolute Gasteiger partial charge is 0.244 e. The summed E-state index contributed by atoms with van der Waals surface area (Å²) in [6.45, 7) is 5.63. The average Bonchev–Trinajstić information content (AvgIpc) is 2.74. The molecule has 11 heteroatoms. The van der Waals surface area contributed by atoms with Crippen molar-refractivity contribution >= 4 is 66.7 Å². The molecular formula is C23H28BrCl2N3O4S. The largest absolute Gasteiger partial charge is 0.354 e. The molecule has 186 valence electrons. The Kier molecular flexibility index (Phi) is 10.2. The number of carbonyl (C=O) groups excluding carboxylic acids is 2. The molecular weight excluding hydrogens is 565 g/mol. The van der Waals surface area contributed by atoms with Gasteiger partial charge in [0.25, 0.3) is 0 Å². The van der Waals surface area contributed by atoms with Crippen LogP contribution in [0, 0.1) is 5.92 Å². The van der Waals surface area contributed by atoms with Gasteiger partial charge in [0.15, 0.2) is 0 Å². The zero-order chi connectivity index (χ0) is 25.6. The molecule has 0 fully saturated rings. The van der Waals surface area contributed by atoms with E-state index in [1.165, 1.54) is 23.1 Å². The number of anilines is 1. The molecule has 0 aromatic heterocycles. The molecule has 2 rings (SSSR count). The molecule has 0 aliphatic heterocycles. The van der Waals surface area contributed by atoms with Crippen LogP contribution in [0.3, 0.4) is 0 Å². The van der Waals surface area contributed by atoms with Crippen molar-refractivity contribution in [3.8, 4) is 0 Å². The van der Waals surface area contributed by atoms with Gasteiger partial charge in [0.1, 0.15) is 12.6 Å². The summed E-state index contributed by atoms with van der Waals surface area (Å²) in [5.41, 5.74) is 0.983. The molecule has 34 heavy (non-hydrogen) atoms. The van der Waals surface area contributed by atoms with Gasteiger partial charge in [-0.1, -0.05) is 65.1 Å². The van der Waals surface area contributed by atoms with Crippen LogP contribution in [0.4, 0.5) is 5.69 Å². The van der Waals surface area contributed by atoms with E-state index in [0.717, 1.165) is 20.6 Å². The van der Waals surface area contributed by atoms with Crippen molar-refractivity contribution in [2.24, 2.45) is 5.92 Å². The molecule has 2 amide bonds. The number of hydrogen-bond acceptors (Lipinski definition) is 4. The van der Waals surface area contributed by atoms with E-state index in [1.54, 1.807) is 6.92 Å². The molecule has 2 aromatic carbocycles. The number of benzene rings is 2. The van der Waals surface area contributed by atoms with Crippen LogP contribution in [-0.2, 0) is 26.2 Å². The second-order valence-corrected chi connectivity index (χ2v) is 12.0. The maximum Gasteiger partial charge on any atom is 0.244 e. The van der Waals surface area contributed by atoms with Crippen molar-refractivity contribution in [2.75, 3.05) is 23.7 Å². The Bertz CT molecular complexity index is 1140. The lowest BCUT2D eigenvalue weighted by atomic mass is 10.1. The Morgan fingerprint density at radius 1 is 1.06 bits per heavy atom.